The number of aliphatic hydroxyl groups is 1. The molecule has 1 aliphatic heterocycles. The highest BCUT2D eigenvalue weighted by molar-refractivity contribution is 5.85. The fourth-order valence-electron chi connectivity index (χ4n) is 4.45. The first kappa shape index (κ1) is 25.2. The summed E-state index contributed by atoms with van der Waals surface area (Å²) in [6.07, 6.45) is 5.57. The Balaban J connectivity index is 1.31. The van der Waals surface area contributed by atoms with Gasteiger partial charge in [0.05, 0.1) is 31.9 Å². The molecule has 0 saturated carbocycles. The number of rotatable bonds is 9. The number of pyridine rings is 1. The fourth-order valence-corrected chi connectivity index (χ4v) is 4.45. The van der Waals surface area contributed by atoms with Crippen LogP contribution in [0.25, 0.3) is 17.0 Å². The molecule has 3 aromatic rings. The predicted octanol–water partition coefficient (Wildman–Crippen LogP) is 3.73. The highest BCUT2D eigenvalue weighted by atomic mass is 19.1. The first-order valence-corrected chi connectivity index (χ1v) is 11.8. The number of aliphatic hydroxyl groups excluding tert-OH is 1. The second kappa shape index (κ2) is 11.7. The summed E-state index contributed by atoms with van der Waals surface area (Å²) in [4.78, 5) is 4.60. The Labute approximate surface area is 203 Å². The zero-order chi connectivity index (χ0) is 24.8. The van der Waals surface area contributed by atoms with Crippen LogP contribution in [0.2, 0.25) is 0 Å². The summed E-state index contributed by atoms with van der Waals surface area (Å²) >= 11 is 0. The van der Waals surface area contributed by atoms with Crippen molar-refractivity contribution >= 4 is 17.0 Å². The molecule has 0 amide bonds. The predicted molar refractivity (Wildman–Crippen MR) is 132 cm³/mol. The maximum atomic E-state index is 13.7. The molecule has 35 heavy (non-hydrogen) atoms. The van der Waals surface area contributed by atoms with E-state index >= 15 is 0 Å². The van der Waals surface area contributed by atoms with E-state index in [9.17, 15) is 13.9 Å². The molecular weight excluding hydrogens is 452 g/mol. The second-order valence-electron chi connectivity index (χ2n) is 8.78. The van der Waals surface area contributed by atoms with Gasteiger partial charge in [-0.2, -0.15) is 0 Å². The highest BCUT2D eigenvalue weighted by Gasteiger charge is 2.26. The van der Waals surface area contributed by atoms with Gasteiger partial charge in [0, 0.05) is 35.6 Å². The van der Waals surface area contributed by atoms with Crippen molar-refractivity contribution in [1.29, 1.82) is 0 Å². The SMILES string of the molecule is COc1ccc2c(CO)ccc(C[C@@H](N)[C@@H]3CC[C@@H](NCC=Cc4cc(F)ccc4F)CO3)c2n1. The van der Waals surface area contributed by atoms with Crippen LogP contribution >= 0.6 is 0 Å². The van der Waals surface area contributed by atoms with Gasteiger partial charge < -0.3 is 25.6 Å². The van der Waals surface area contributed by atoms with Gasteiger partial charge in [-0.05, 0) is 54.7 Å². The lowest BCUT2D eigenvalue weighted by Crippen LogP contribution is -2.47. The topological polar surface area (TPSA) is 89.6 Å². The lowest BCUT2D eigenvalue weighted by atomic mass is 9.93. The number of nitrogens with one attached hydrogen (secondary N) is 1. The van der Waals surface area contributed by atoms with E-state index in [0.717, 1.165) is 47.0 Å². The molecule has 4 N–H and O–H groups in total. The molecule has 0 unspecified atom stereocenters. The summed E-state index contributed by atoms with van der Waals surface area (Å²) < 4.78 is 38.3. The van der Waals surface area contributed by atoms with Gasteiger partial charge in [-0.15, -0.1) is 0 Å². The third-order valence-electron chi connectivity index (χ3n) is 6.41. The minimum absolute atomic E-state index is 0.0661. The van der Waals surface area contributed by atoms with Gasteiger partial charge >= 0.3 is 0 Å². The largest absolute Gasteiger partial charge is 0.481 e. The van der Waals surface area contributed by atoms with E-state index in [2.05, 4.69) is 10.3 Å². The zero-order valence-electron chi connectivity index (χ0n) is 19.7. The summed E-state index contributed by atoms with van der Waals surface area (Å²) in [7, 11) is 1.57. The van der Waals surface area contributed by atoms with Crippen molar-refractivity contribution in [1.82, 2.24) is 10.3 Å². The van der Waals surface area contributed by atoms with E-state index in [0.29, 0.717) is 25.5 Å². The van der Waals surface area contributed by atoms with Gasteiger partial charge in [0.1, 0.15) is 11.6 Å². The van der Waals surface area contributed by atoms with Crippen LogP contribution in [0.1, 0.15) is 29.5 Å². The summed E-state index contributed by atoms with van der Waals surface area (Å²) in [5.41, 5.74) is 9.34. The number of fused-ring (bicyclic) bond motifs is 1. The van der Waals surface area contributed by atoms with Crippen LogP contribution in [-0.2, 0) is 17.8 Å². The minimum atomic E-state index is -0.464. The zero-order valence-corrected chi connectivity index (χ0v) is 19.7. The summed E-state index contributed by atoms with van der Waals surface area (Å²) in [5.74, 6) is -0.401. The number of ether oxygens (including phenoxy) is 2. The van der Waals surface area contributed by atoms with Gasteiger partial charge in [0.15, 0.2) is 0 Å². The maximum absolute atomic E-state index is 13.7. The normalized spacial score (nSPS) is 19.3. The van der Waals surface area contributed by atoms with Crippen molar-refractivity contribution < 1.29 is 23.4 Å². The molecule has 0 radical (unpaired) electrons. The lowest BCUT2D eigenvalue weighted by molar-refractivity contribution is -0.0156. The lowest BCUT2D eigenvalue weighted by Gasteiger charge is -2.33. The fraction of sp³-hybridized carbons (Fsp3) is 0.370. The van der Waals surface area contributed by atoms with Crippen molar-refractivity contribution in [3.8, 4) is 5.88 Å². The van der Waals surface area contributed by atoms with Gasteiger partial charge in [-0.3, -0.25) is 0 Å². The maximum Gasteiger partial charge on any atom is 0.213 e. The van der Waals surface area contributed by atoms with E-state index in [1.54, 1.807) is 25.3 Å². The Hall–Kier alpha value is -2.91. The average Bonchev–Trinajstić information content (AvgIpc) is 2.88. The smallest absolute Gasteiger partial charge is 0.213 e. The van der Waals surface area contributed by atoms with E-state index in [1.807, 2.05) is 18.2 Å². The Bertz CT molecular complexity index is 1180. The van der Waals surface area contributed by atoms with Crippen molar-refractivity contribution in [2.24, 2.45) is 5.73 Å². The third-order valence-corrected chi connectivity index (χ3v) is 6.41. The molecule has 1 fully saturated rings. The quantitative estimate of drug-likeness (QED) is 0.430. The highest BCUT2D eigenvalue weighted by Crippen LogP contribution is 2.26. The van der Waals surface area contributed by atoms with Crippen LogP contribution in [0.15, 0.2) is 48.5 Å². The molecule has 3 atom stereocenters. The number of hydrogen-bond acceptors (Lipinski definition) is 6. The second-order valence-corrected chi connectivity index (χ2v) is 8.78. The van der Waals surface area contributed by atoms with Crippen molar-refractivity contribution in [3.05, 3.63) is 76.9 Å². The Morgan fingerprint density at radius 3 is 2.77 bits per heavy atom. The van der Waals surface area contributed by atoms with Crippen LogP contribution < -0.4 is 15.8 Å². The van der Waals surface area contributed by atoms with Crippen LogP contribution in [0.4, 0.5) is 8.78 Å². The molecule has 186 valence electrons. The molecule has 1 aromatic heterocycles. The number of aromatic nitrogens is 1. The first-order chi connectivity index (χ1) is 17.0. The number of hydrogen-bond donors (Lipinski definition) is 3. The Morgan fingerprint density at radius 1 is 1.20 bits per heavy atom. The molecule has 0 spiro atoms. The number of benzene rings is 2. The van der Waals surface area contributed by atoms with Gasteiger partial charge in [0.2, 0.25) is 5.88 Å². The molecule has 1 saturated heterocycles. The Morgan fingerprint density at radius 2 is 2.03 bits per heavy atom. The first-order valence-electron chi connectivity index (χ1n) is 11.8. The number of methoxy groups -OCH3 is 1. The van der Waals surface area contributed by atoms with Crippen LogP contribution in [0.5, 0.6) is 5.88 Å². The molecule has 2 heterocycles. The Kier molecular flexibility index (Phi) is 8.41. The molecule has 0 aliphatic carbocycles. The van der Waals surface area contributed by atoms with Crippen molar-refractivity contribution in [2.45, 2.75) is 44.1 Å². The van der Waals surface area contributed by atoms with Crippen LogP contribution in [0, 0.1) is 11.6 Å². The molecule has 6 nitrogen and oxygen atoms in total. The van der Waals surface area contributed by atoms with E-state index in [1.165, 1.54) is 6.07 Å². The van der Waals surface area contributed by atoms with E-state index in [-0.39, 0.29) is 30.4 Å². The molecule has 2 aromatic carbocycles. The monoisotopic (exact) mass is 483 g/mol. The molecule has 8 heteroatoms. The molecular formula is C27H31F2N3O3. The third kappa shape index (κ3) is 6.21. The van der Waals surface area contributed by atoms with Crippen molar-refractivity contribution in [3.63, 3.8) is 0 Å². The van der Waals surface area contributed by atoms with E-state index in [4.69, 9.17) is 15.2 Å². The van der Waals surface area contributed by atoms with Gasteiger partial charge in [-0.1, -0.05) is 24.3 Å². The van der Waals surface area contributed by atoms with Crippen molar-refractivity contribution in [2.75, 3.05) is 20.3 Å². The van der Waals surface area contributed by atoms with Gasteiger partial charge in [0.25, 0.3) is 0 Å². The minimum Gasteiger partial charge on any atom is -0.481 e. The molecule has 0 bridgehead atoms. The molecule has 1 aliphatic rings. The van der Waals surface area contributed by atoms with Gasteiger partial charge in [-0.25, -0.2) is 13.8 Å². The van der Waals surface area contributed by atoms with Crippen LogP contribution in [0.3, 0.4) is 0 Å². The summed E-state index contributed by atoms with van der Waals surface area (Å²) in [6, 6.07) is 10.9. The number of halogens is 2. The molecule has 4 rings (SSSR count). The summed E-state index contributed by atoms with van der Waals surface area (Å²) in [6.45, 7) is 0.984. The number of nitrogens with zero attached hydrogens (tertiary/aromatic N) is 1. The number of nitrogens with two attached hydrogens (primary N) is 1. The summed E-state index contributed by atoms with van der Waals surface area (Å²) in [5, 5.41) is 13.9. The van der Waals surface area contributed by atoms with E-state index < -0.39 is 11.6 Å². The standard InChI is InChI=1S/C27H31F2N3O3/c1-34-26-11-8-22-19(15-33)5-4-18(27(22)32-26)14-24(30)25-10-7-21(16-35-25)31-12-2-3-17-13-20(28)6-9-23(17)29/h2-6,8-9,11,13,21,24-25,31,33H,7,10,12,14-16,30H2,1H3/t21-,24-,25+/m1/s1. The van der Waals surface area contributed by atoms with Crippen LogP contribution in [-0.4, -0.2) is 48.5 Å². The average molecular weight is 484 g/mol.